The van der Waals surface area contributed by atoms with E-state index in [1.807, 2.05) is 18.2 Å². The molecule has 0 unspecified atom stereocenters. The molecule has 3 rings (SSSR count). The monoisotopic (exact) mass is 306 g/mol. The molecule has 0 radical (unpaired) electrons. The van der Waals surface area contributed by atoms with Gasteiger partial charge in [-0.2, -0.15) is 17.8 Å². The van der Waals surface area contributed by atoms with Gasteiger partial charge in [0.15, 0.2) is 0 Å². The quantitative estimate of drug-likeness (QED) is 0.909. The molecule has 1 aliphatic heterocycles. The topological polar surface area (TPSA) is 78.1 Å². The van der Waals surface area contributed by atoms with Crippen molar-refractivity contribution in [2.75, 3.05) is 17.8 Å². The zero-order valence-electron chi connectivity index (χ0n) is 11.6. The predicted octanol–water partition coefficient (Wildman–Crippen LogP) is 2.22. The van der Waals surface area contributed by atoms with Crippen molar-refractivity contribution in [3.8, 4) is 11.3 Å². The normalized spacial score (nSPS) is 16.8. The highest BCUT2D eigenvalue weighted by atomic mass is 32.2. The summed E-state index contributed by atoms with van der Waals surface area (Å²) < 4.78 is 28.9. The molecule has 0 atom stereocenters. The molecular weight excluding hydrogens is 288 g/mol. The molecule has 0 amide bonds. The lowest BCUT2D eigenvalue weighted by molar-refractivity contribution is 0.349. The summed E-state index contributed by atoms with van der Waals surface area (Å²) in [4.78, 5) is 0. The Hall–Kier alpha value is -1.86. The number of nitrogens with one attached hydrogen (secondary N) is 2. The molecule has 0 aliphatic carbocycles. The predicted molar refractivity (Wildman–Crippen MR) is 82.0 cm³/mol. The number of nitrogens with zero attached hydrogens (tertiary/aromatic N) is 2. The fraction of sp³-hybridized carbons (Fsp3) is 0.357. The van der Waals surface area contributed by atoms with Crippen molar-refractivity contribution in [1.82, 2.24) is 14.5 Å². The zero-order valence-corrected chi connectivity index (χ0v) is 12.4. The summed E-state index contributed by atoms with van der Waals surface area (Å²) in [7, 11) is -3.46. The van der Waals surface area contributed by atoms with Gasteiger partial charge < -0.3 is 0 Å². The first-order chi connectivity index (χ1) is 10.1. The van der Waals surface area contributed by atoms with E-state index in [-0.39, 0.29) is 0 Å². The van der Waals surface area contributed by atoms with Crippen LogP contribution in [0.15, 0.2) is 36.5 Å². The third-order valence-corrected chi connectivity index (χ3v) is 5.11. The SMILES string of the molecule is O=S(=O)(Nc1cccc(-c2ccn[nH]2)c1)N1CCCCC1. The molecule has 0 spiro atoms. The Bertz CT molecular complexity index is 692. The molecule has 112 valence electrons. The lowest BCUT2D eigenvalue weighted by Gasteiger charge is -2.26. The second-order valence-corrected chi connectivity index (χ2v) is 6.79. The summed E-state index contributed by atoms with van der Waals surface area (Å²) >= 11 is 0. The van der Waals surface area contributed by atoms with Crippen molar-refractivity contribution in [1.29, 1.82) is 0 Å². The molecule has 1 aromatic heterocycles. The molecule has 1 aromatic carbocycles. The van der Waals surface area contributed by atoms with Gasteiger partial charge in [0.1, 0.15) is 0 Å². The van der Waals surface area contributed by atoms with E-state index < -0.39 is 10.2 Å². The lowest BCUT2D eigenvalue weighted by atomic mass is 10.1. The van der Waals surface area contributed by atoms with E-state index in [0.29, 0.717) is 18.8 Å². The minimum atomic E-state index is -3.46. The molecule has 2 aromatic rings. The molecule has 0 bridgehead atoms. The van der Waals surface area contributed by atoms with Crippen LogP contribution >= 0.6 is 0 Å². The molecule has 1 fully saturated rings. The van der Waals surface area contributed by atoms with Gasteiger partial charge >= 0.3 is 10.2 Å². The molecule has 21 heavy (non-hydrogen) atoms. The van der Waals surface area contributed by atoms with Gasteiger partial charge in [0, 0.05) is 24.8 Å². The highest BCUT2D eigenvalue weighted by Crippen LogP contribution is 2.22. The van der Waals surface area contributed by atoms with Crippen LogP contribution in [0.1, 0.15) is 19.3 Å². The van der Waals surface area contributed by atoms with Gasteiger partial charge in [-0.3, -0.25) is 9.82 Å². The third-order valence-electron chi connectivity index (χ3n) is 3.58. The summed E-state index contributed by atoms with van der Waals surface area (Å²) in [6, 6.07) is 9.13. The van der Waals surface area contributed by atoms with Crippen molar-refractivity contribution in [2.24, 2.45) is 0 Å². The minimum absolute atomic E-state index is 0.563. The molecule has 7 heteroatoms. The first kappa shape index (κ1) is 14.1. The molecule has 1 saturated heterocycles. The van der Waals surface area contributed by atoms with Gasteiger partial charge in [-0.05, 0) is 31.0 Å². The maximum absolute atomic E-state index is 12.3. The van der Waals surface area contributed by atoms with Crippen molar-refractivity contribution < 1.29 is 8.42 Å². The number of benzene rings is 1. The van der Waals surface area contributed by atoms with Crippen LogP contribution < -0.4 is 4.72 Å². The van der Waals surface area contributed by atoms with Crippen LogP contribution in [-0.2, 0) is 10.2 Å². The molecular formula is C14H18N4O2S. The first-order valence-corrected chi connectivity index (χ1v) is 8.47. The average Bonchev–Trinajstić information content (AvgIpc) is 3.02. The van der Waals surface area contributed by atoms with Crippen molar-refractivity contribution >= 4 is 15.9 Å². The van der Waals surface area contributed by atoms with E-state index in [4.69, 9.17) is 0 Å². The maximum Gasteiger partial charge on any atom is 0.301 e. The molecule has 2 heterocycles. The Kier molecular flexibility index (Phi) is 3.94. The molecule has 0 saturated carbocycles. The first-order valence-electron chi connectivity index (χ1n) is 7.03. The number of aromatic amines is 1. The summed E-state index contributed by atoms with van der Waals surface area (Å²) in [5.41, 5.74) is 2.31. The summed E-state index contributed by atoms with van der Waals surface area (Å²) in [5, 5.41) is 6.77. The number of hydrogen-bond donors (Lipinski definition) is 2. The number of aromatic nitrogens is 2. The van der Waals surface area contributed by atoms with Crippen LogP contribution in [0.2, 0.25) is 0 Å². The van der Waals surface area contributed by atoms with Crippen LogP contribution in [0.4, 0.5) is 5.69 Å². The van der Waals surface area contributed by atoms with Crippen LogP contribution in [-0.4, -0.2) is 36.0 Å². The van der Waals surface area contributed by atoms with Crippen molar-refractivity contribution in [3.63, 3.8) is 0 Å². The number of hydrogen-bond acceptors (Lipinski definition) is 3. The van der Waals surface area contributed by atoms with E-state index >= 15 is 0 Å². The van der Waals surface area contributed by atoms with Crippen LogP contribution in [0, 0.1) is 0 Å². The summed E-state index contributed by atoms with van der Waals surface area (Å²) in [6.07, 6.45) is 4.62. The lowest BCUT2D eigenvalue weighted by Crippen LogP contribution is -2.39. The Morgan fingerprint density at radius 1 is 1.14 bits per heavy atom. The van der Waals surface area contributed by atoms with Gasteiger partial charge in [0.25, 0.3) is 0 Å². The fourth-order valence-corrected chi connectivity index (χ4v) is 3.78. The van der Waals surface area contributed by atoms with Crippen molar-refractivity contribution in [2.45, 2.75) is 19.3 Å². The number of anilines is 1. The summed E-state index contributed by atoms with van der Waals surface area (Å²) in [5.74, 6) is 0. The molecule has 6 nitrogen and oxygen atoms in total. The Morgan fingerprint density at radius 3 is 2.67 bits per heavy atom. The Morgan fingerprint density at radius 2 is 1.95 bits per heavy atom. The van der Waals surface area contributed by atoms with E-state index in [2.05, 4.69) is 14.9 Å². The summed E-state index contributed by atoms with van der Waals surface area (Å²) in [6.45, 7) is 1.19. The second kappa shape index (κ2) is 5.87. The van der Waals surface area contributed by atoms with E-state index in [9.17, 15) is 8.42 Å². The maximum atomic E-state index is 12.3. The zero-order chi connectivity index (χ0) is 14.7. The van der Waals surface area contributed by atoms with Gasteiger partial charge in [-0.15, -0.1) is 0 Å². The van der Waals surface area contributed by atoms with E-state index in [1.165, 1.54) is 4.31 Å². The van der Waals surface area contributed by atoms with E-state index in [1.54, 1.807) is 18.3 Å². The van der Waals surface area contributed by atoms with Gasteiger partial charge in [-0.25, -0.2) is 0 Å². The fourth-order valence-electron chi connectivity index (χ4n) is 2.49. The third kappa shape index (κ3) is 3.25. The number of H-pyrrole nitrogens is 1. The molecule has 1 aliphatic rings. The highest BCUT2D eigenvalue weighted by Gasteiger charge is 2.23. The van der Waals surface area contributed by atoms with E-state index in [0.717, 1.165) is 30.5 Å². The van der Waals surface area contributed by atoms with Crippen LogP contribution in [0.5, 0.6) is 0 Å². The number of rotatable bonds is 4. The Balaban J connectivity index is 1.80. The number of piperidine rings is 1. The second-order valence-electron chi connectivity index (χ2n) is 5.12. The van der Waals surface area contributed by atoms with Crippen LogP contribution in [0.3, 0.4) is 0 Å². The average molecular weight is 306 g/mol. The largest absolute Gasteiger partial charge is 0.301 e. The smallest absolute Gasteiger partial charge is 0.278 e. The standard InChI is InChI=1S/C14H18N4O2S/c19-21(20,18-9-2-1-3-10-18)17-13-6-4-5-12(11-13)14-7-8-15-16-14/h4-8,11,17H,1-3,9-10H2,(H,15,16). The van der Waals surface area contributed by atoms with Gasteiger partial charge in [0.05, 0.1) is 11.4 Å². The van der Waals surface area contributed by atoms with Gasteiger partial charge in [0.2, 0.25) is 0 Å². The van der Waals surface area contributed by atoms with Gasteiger partial charge in [-0.1, -0.05) is 18.6 Å². The highest BCUT2D eigenvalue weighted by molar-refractivity contribution is 7.90. The van der Waals surface area contributed by atoms with Crippen LogP contribution in [0.25, 0.3) is 11.3 Å². The Labute approximate surface area is 124 Å². The minimum Gasteiger partial charge on any atom is -0.278 e. The molecule has 2 N–H and O–H groups in total. The van der Waals surface area contributed by atoms with Crippen molar-refractivity contribution in [3.05, 3.63) is 36.5 Å².